The van der Waals surface area contributed by atoms with Crippen molar-refractivity contribution in [3.63, 3.8) is 0 Å². The predicted octanol–water partition coefficient (Wildman–Crippen LogP) is 2.47. The number of carbonyl (C=O) groups excluding carboxylic acids is 1. The van der Waals surface area contributed by atoms with E-state index in [1.54, 1.807) is 18.3 Å². The molecule has 1 aliphatic rings. The van der Waals surface area contributed by atoms with E-state index in [9.17, 15) is 9.59 Å². The van der Waals surface area contributed by atoms with Crippen LogP contribution in [0.2, 0.25) is 0 Å². The Balaban J connectivity index is 2.14. The second-order valence-electron chi connectivity index (χ2n) is 5.17. The largest absolute Gasteiger partial charge is 0.480 e. The van der Waals surface area contributed by atoms with Crippen LogP contribution in [-0.4, -0.2) is 23.0 Å². The molecule has 0 aromatic carbocycles. The fourth-order valence-corrected chi connectivity index (χ4v) is 3.69. The fraction of sp³-hybridized carbons (Fsp3) is 0.571. The van der Waals surface area contributed by atoms with Crippen molar-refractivity contribution in [3.05, 3.63) is 21.4 Å². The topological polar surface area (TPSA) is 66.4 Å². The first kappa shape index (κ1) is 14.1. The lowest BCUT2D eigenvalue weighted by Gasteiger charge is -2.19. The first-order chi connectivity index (χ1) is 9.02. The van der Waals surface area contributed by atoms with Crippen molar-refractivity contribution in [2.75, 3.05) is 0 Å². The van der Waals surface area contributed by atoms with E-state index < -0.39 is 12.0 Å². The van der Waals surface area contributed by atoms with Crippen LogP contribution in [0.4, 0.5) is 0 Å². The minimum absolute atomic E-state index is 0.249. The Morgan fingerprint density at radius 3 is 2.95 bits per heavy atom. The van der Waals surface area contributed by atoms with E-state index in [2.05, 4.69) is 12.2 Å². The van der Waals surface area contributed by atoms with Gasteiger partial charge in [-0.3, -0.25) is 4.79 Å². The standard InChI is InChI=1S/C14H19NO3S/c1-3-11(14(17)18)15-13(16)10-7-19-12-6-8(2)4-5-9(10)12/h7-8,11H,3-6H2,1-2H3,(H,15,16)(H,17,18). The van der Waals surface area contributed by atoms with Gasteiger partial charge in [0.2, 0.25) is 0 Å². The molecule has 1 aromatic rings. The average Bonchev–Trinajstić information content (AvgIpc) is 2.78. The van der Waals surface area contributed by atoms with Crippen molar-refractivity contribution >= 4 is 23.2 Å². The van der Waals surface area contributed by atoms with E-state index in [1.807, 2.05) is 5.38 Å². The molecule has 2 atom stereocenters. The summed E-state index contributed by atoms with van der Waals surface area (Å²) in [5, 5.41) is 13.4. The van der Waals surface area contributed by atoms with Crippen LogP contribution >= 0.6 is 11.3 Å². The minimum atomic E-state index is -0.978. The molecule has 0 aliphatic heterocycles. The molecule has 1 amide bonds. The summed E-state index contributed by atoms with van der Waals surface area (Å²) in [6.07, 6.45) is 3.45. The summed E-state index contributed by atoms with van der Waals surface area (Å²) in [7, 11) is 0. The summed E-state index contributed by atoms with van der Waals surface area (Å²) in [6, 6.07) is -0.800. The number of nitrogens with one attached hydrogen (secondary N) is 1. The van der Waals surface area contributed by atoms with Gasteiger partial charge in [-0.15, -0.1) is 11.3 Å². The molecule has 1 heterocycles. The molecule has 4 nitrogen and oxygen atoms in total. The zero-order chi connectivity index (χ0) is 14.0. The normalized spacial score (nSPS) is 19.6. The van der Waals surface area contributed by atoms with Crippen molar-refractivity contribution in [2.24, 2.45) is 5.92 Å². The molecule has 1 aliphatic carbocycles. The van der Waals surface area contributed by atoms with Crippen LogP contribution in [0.1, 0.15) is 47.5 Å². The van der Waals surface area contributed by atoms with E-state index in [4.69, 9.17) is 5.11 Å². The van der Waals surface area contributed by atoms with Gasteiger partial charge in [-0.05, 0) is 37.2 Å². The number of carboxylic acid groups (broad SMARTS) is 1. The van der Waals surface area contributed by atoms with Gasteiger partial charge in [0, 0.05) is 10.3 Å². The Hall–Kier alpha value is -1.36. The number of rotatable bonds is 4. The number of carboxylic acids is 1. The van der Waals surface area contributed by atoms with Crippen LogP contribution in [-0.2, 0) is 17.6 Å². The van der Waals surface area contributed by atoms with Crippen molar-refractivity contribution in [1.82, 2.24) is 5.32 Å². The summed E-state index contributed by atoms with van der Waals surface area (Å²) in [6.45, 7) is 3.98. The number of hydrogen-bond acceptors (Lipinski definition) is 3. The van der Waals surface area contributed by atoms with Crippen molar-refractivity contribution in [1.29, 1.82) is 0 Å². The third-order valence-electron chi connectivity index (χ3n) is 3.66. The maximum absolute atomic E-state index is 12.2. The lowest BCUT2D eigenvalue weighted by Crippen LogP contribution is -2.40. The van der Waals surface area contributed by atoms with E-state index in [0.717, 1.165) is 24.8 Å². The number of amides is 1. The highest BCUT2D eigenvalue weighted by Gasteiger charge is 2.25. The van der Waals surface area contributed by atoms with E-state index in [0.29, 0.717) is 17.9 Å². The van der Waals surface area contributed by atoms with E-state index in [-0.39, 0.29) is 5.91 Å². The van der Waals surface area contributed by atoms with Gasteiger partial charge in [0.1, 0.15) is 6.04 Å². The summed E-state index contributed by atoms with van der Waals surface area (Å²) in [5.41, 5.74) is 1.80. The minimum Gasteiger partial charge on any atom is -0.480 e. The van der Waals surface area contributed by atoms with Crippen LogP contribution in [0.25, 0.3) is 0 Å². The van der Waals surface area contributed by atoms with E-state index >= 15 is 0 Å². The van der Waals surface area contributed by atoms with Gasteiger partial charge in [0.05, 0.1) is 5.56 Å². The first-order valence-electron chi connectivity index (χ1n) is 6.65. The quantitative estimate of drug-likeness (QED) is 0.891. The Morgan fingerprint density at radius 2 is 2.32 bits per heavy atom. The van der Waals surface area contributed by atoms with Crippen molar-refractivity contribution in [3.8, 4) is 0 Å². The Labute approximate surface area is 116 Å². The number of hydrogen-bond donors (Lipinski definition) is 2. The number of aliphatic carboxylic acids is 1. The molecule has 0 fully saturated rings. The third-order valence-corrected chi connectivity index (χ3v) is 4.71. The Morgan fingerprint density at radius 1 is 1.58 bits per heavy atom. The van der Waals surface area contributed by atoms with Gasteiger partial charge < -0.3 is 10.4 Å². The number of carbonyl (C=O) groups is 2. The maximum atomic E-state index is 12.2. The molecule has 1 aromatic heterocycles. The molecule has 104 valence electrons. The van der Waals surface area contributed by atoms with Gasteiger partial charge in [0.25, 0.3) is 5.91 Å². The van der Waals surface area contributed by atoms with Gasteiger partial charge >= 0.3 is 5.97 Å². The molecule has 19 heavy (non-hydrogen) atoms. The smallest absolute Gasteiger partial charge is 0.326 e. The molecule has 0 saturated carbocycles. The predicted molar refractivity (Wildman–Crippen MR) is 74.7 cm³/mol. The van der Waals surface area contributed by atoms with Gasteiger partial charge in [-0.25, -0.2) is 4.79 Å². The number of fused-ring (bicyclic) bond motifs is 1. The maximum Gasteiger partial charge on any atom is 0.326 e. The second kappa shape index (κ2) is 5.74. The third kappa shape index (κ3) is 2.97. The van der Waals surface area contributed by atoms with Crippen molar-refractivity contribution < 1.29 is 14.7 Å². The van der Waals surface area contributed by atoms with E-state index in [1.165, 1.54) is 4.88 Å². The first-order valence-corrected chi connectivity index (χ1v) is 7.53. The van der Waals surface area contributed by atoms with Crippen molar-refractivity contribution in [2.45, 2.75) is 45.6 Å². The SMILES string of the molecule is CCC(NC(=O)c1csc2c1CCC(C)C2)C(=O)O. The molecular weight excluding hydrogens is 262 g/mol. The van der Waals surface area contributed by atoms with Crippen LogP contribution in [0.3, 0.4) is 0 Å². The molecular formula is C14H19NO3S. The van der Waals surface area contributed by atoms with Gasteiger partial charge in [-0.2, -0.15) is 0 Å². The van der Waals surface area contributed by atoms with Crippen LogP contribution in [0.5, 0.6) is 0 Å². The summed E-state index contributed by atoms with van der Waals surface area (Å²) < 4.78 is 0. The highest BCUT2D eigenvalue weighted by molar-refractivity contribution is 7.10. The second-order valence-corrected chi connectivity index (χ2v) is 6.14. The fourth-order valence-electron chi connectivity index (χ4n) is 2.44. The highest BCUT2D eigenvalue weighted by atomic mass is 32.1. The number of thiophene rings is 1. The van der Waals surface area contributed by atoms with Crippen LogP contribution in [0.15, 0.2) is 5.38 Å². The van der Waals surface area contributed by atoms with Gasteiger partial charge in [-0.1, -0.05) is 13.8 Å². The lowest BCUT2D eigenvalue weighted by atomic mass is 9.88. The Bertz CT molecular complexity index is 495. The highest BCUT2D eigenvalue weighted by Crippen LogP contribution is 2.32. The molecule has 2 unspecified atom stereocenters. The zero-order valence-corrected chi connectivity index (χ0v) is 12.0. The zero-order valence-electron chi connectivity index (χ0n) is 11.2. The monoisotopic (exact) mass is 281 g/mol. The molecule has 0 spiro atoms. The van der Waals surface area contributed by atoms with Crippen LogP contribution < -0.4 is 5.32 Å². The molecule has 2 N–H and O–H groups in total. The molecule has 0 saturated heterocycles. The van der Waals surface area contributed by atoms with Crippen LogP contribution in [0, 0.1) is 5.92 Å². The lowest BCUT2D eigenvalue weighted by molar-refractivity contribution is -0.139. The summed E-state index contributed by atoms with van der Waals surface area (Å²) in [5.74, 6) is -0.556. The molecule has 0 bridgehead atoms. The average molecular weight is 281 g/mol. The summed E-state index contributed by atoms with van der Waals surface area (Å²) >= 11 is 1.62. The molecule has 0 radical (unpaired) electrons. The molecule has 5 heteroatoms. The summed E-state index contributed by atoms with van der Waals surface area (Å²) in [4.78, 5) is 24.4. The Kier molecular flexibility index (Phi) is 4.24. The van der Waals surface area contributed by atoms with Gasteiger partial charge in [0.15, 0.2) is 0 Å². The molecule has 2 rings (SSSR count).